The van der Waals surface area contributed by atoms with Crippen LogP contribution in [0.3, 0.4) is 0 Å². The van der Waals surface area contributed by atoms with Crippen LogP contribution in [-0.2, 0) is 23.1 Å². The first-order chi connectivity index (χ1) is 20.2. The van der Waals surface area contributed by atoms with E-state index in [0.717, 1.165) is 17.7 Å². The maximum atomic E-state index is 13.4. The van der Waals surface area contributed by atoms with Crippen molar-refractivity contribution >= 4 is 38.9 Å². The molecule has 3 heterocycles. The van der Waals surface area contributed by atoms with Crippen LogP contribution in [0.5, 0.6) is 0 Å². The van der Waals surface area contributed by atoms with Gasteiger partial charge in [0.05, 0.1) is 16.3 Å². The fourth-order valence-corrected chi connectivity index (χ4v) is 7.22. The Labute approximate surface area is 247 Å². The van der Waals surface area contributed by atoms with Crippen LogP contribution < -0.4 is 20.5 Å². The molecule has 42 heavy (non-hydrogen) atoms. The minimum absolute atomic E-state index is 0.00377. The average molecular weight is 607 g/mol. The monoisotopic (exact) mass is 606 g/mol. The van der Waals surface area contributed by atoms with Crippen LogP contribution in [0.15, 0.2) is 94.6 Å². The Bertz CT molecular complexity index is 1830. The lowest BCUT2D eigenvalue weighted by molar-refractivity contribution is 0.0951. The first-order valence-corrected chi connectivity index (χ1v) is 15.4. The number of benzene rings is 3. The van der Waals surface area contributed by atoms with Crippen molar-refractivity contribution in [3.05, 3.63) is 123 Å². The molecule has 11 heteroatoms. The number of fused-ring (bicyclic) bond motifs is 4. The quantitative estimate of drug-likeness (QED) is 0.309. The van der Waals surface area contributed by atoms with Gasteiger partial charge in [-0.05, 0) is 72.5 Å². The summed E-state index contributed by atoms with van der Waals surface area (Å²) in [6.45, 7) is 1.98. The maximum Gasteiger partial charge on any atom is 0.262 e. The summed E-state index contributed by atoms with van der Waals surface area (Å²) in [4.78, 5) is 27.7. The number of hydrogen-bond donors (Lipinski definition) is 2. The van der Waals surface area contributed by atoms with Crippen molar-refractivity contribution in [2.24, 2.45) is 5.92 Å². The largest absolute Gasteiger partial charge is 0.369 e. The first kappa shape index (κ1) is 28.0. The molecule has 3 aromatic carbocycles. The fraction of sp³-hybridized carbons (Fsp3) is 0.226. The van der Waals surface area contributed by atoms with E-state index in [1.54, 1.807) is 48.5 Å². The number of halogens is 2. The molecule has 0 saturated carbocycles. The van der Waals surface area contributed by atoms with Crippen LogP contribution in [-0.4, -0.2) is 32.0 Å². The van der Waals surface area contributed by atoms with Crippen molar-refractivity contribution in [1.29, 1.82) is 0 Å². The van der Waals surface area contributed by atoms with E-state index in [-0.39, 0.29) is 50.9 Å². The second-order valence-electron chi connectivity index (χ2n) is 10.7. The predicted octanol–water partition coefficient (Wildman–Crippen LogP) is 5.00. The summed E-state index contributed by atoms with van der Waals surface area (Å²) >= 11 is 6.08. The zero-order chi connectivity index (χ0) is 29.4. The van der Waals surface area contributed by atoms with E-state index in [2.05, 4.69) is 14.9 Å². The summed E-state index contributed by atoms with van der Waals surface area (Å²) in [5.41, 5.74) is 2.84. The third-order valence-electron chi connectivity index (χ3n) is 7.80. The van der Waals surface area contributed by atoms with Crippen LogP contribution in [0.25, 0.3) is 0 Å². The highest BCUT2D eigenvalue weighted by Crippen LogP contribution is 2.40. The van der Waals surface area contributed by atoms with Gasteiger partial charge in [0.1, 0.15) is 5.82 Å². The minimum Gasteiger partial charge on any atom is -0.369 e. The van der Waals surface area contributed by atoms with E-state index in [1.165, 1.54) is 30.3 Å². The highest BCUT2D eigenvalue weighted by atomic mass is 35.5. The second kappa shape index (κ2) is 11.3. The van der Waals surface area contributed by atoms with Gasteiger partial charge in [-0.3, -0.25) is 14.3 Å². The summed E-state index contributed by atoms with van der Waals surface area (Å²) in [5, 5.41) is 3.09. The van der Waals surface area contributed by atoms with E-state index in [0.29, 0.717) is 25.3 Å². The number of aromatic nitrogens is 1. The molecule has 1 fully saturated rings. The summed E-state index contributed by atoms with van der Waals surface area (Å²) in [7, 11) is -4.05. The SMILES string of the molecule is O=C(NCc1ccc(F)cc1)c1ccc(N2CC3CC(C2)c2cccc(=O)n2C3)c(NS(=O)(=O)c2cccc(Cl)c2)c1. The van der Waals surface area contributed by atoms with Gasteiger partial charge in [-0.25, -0.2) is 12.8 Å². The molecular formula is C31H28ClFN4O4S. The van der Waals surface area contributed by atoms with Crippen molar-refractivity contribution in [3.8, 4) is 0 Å². The lowest BCUT2D eigenvalue weighted by atomic mass is 9.83. The Balaban J connectivity index is 1.32. The number of nitrogens with zero attached hydrogens (tertiary/aromatic N) is 2. The normalized spacial score (nSPS) is 17.8. The molecule has 6 rings (SSSR count). The van der Waals surface area contributed by atoms with Crippen molar-refractivity contribution < 1.29 is 17.6 Å². The van der Waals surface area contributed by atoms with Gasteiger partial charge >= 0.3 is 0 Å². The maximum absolute atomic E-state index is 13.4. The van der Waals surface area contributed by atoms with Gasteiger partial charge in [0.25, 0.3) is 21.5 Å². The molecule has 1 aromatic heterocycles. The van der Waals surface area contributed by atoms with Gasteiger partial charge in [0.2, 0.25) is 0 Å². The summed E-state index contributed by atoms with van der Waals surface area (Å²) in [6, 6.07) is 22.0. The number of sulfonamides is 1. The number of rotatable bonds is 7. The highest BCUT2D eigenvalue weighted by Gasteiger charge is 2.35. The average Bonchev–Trinajstić information content (AvgIpc) is 2.97. The molecule has 2 aliphatic rings. The van der Waals surface area contributed by atoms with Crippen molar-refractivity contribution in [2.45, 2.75) is 30.3 Å². The molecule has 8 nitrogen and oxygen atoms in total. The lowest BCUT2D eigenvalue weighted by Gasteiger charge is -2.44. The zero-order valence-corrected chi connectivity index (χ0v) is 24.0. The topological polar surface area (TPSA) is 101 Å². The number of amides is 1. The van der Waals surface area contributed by atoms with Gasteiger partial charge < -0.3 is 14.8 Å². The minimum atomic E-state index is -4.05. The van der Waals surface area contributed by atoms with Gasteiger partial charge in [0, 0.05) is 54.4 Å². The van der Waals surface area contributed by atoms with Crippen LogP contribution in [0.2, 0.25) is 5.02 Å². The molecular weight excluding hydrogens is 579 g/mol. The molecule has 0 radical (unpaired) electrons. The Morgan fingerprint density at radius 2 is 1.74 bits per heavy atom. The van der Waals surface area contributed by atoms with Crippen LogP contribution in [0, 0.1) is 11.7 Å². The number of carbonyl (C=O) groups is 1. The van der Waals surface area contributed by atoms with E-state index in [9.17, 15) is 22.4 Å². The molecule has 1 saturated heterocycles. The van der Waals surface area contributed by atoms with E-state index >= 15 is 0 Å². The number of pyridine rings is 1. The Kier molecular flexibility index (Phi) is 7.51. The molecule has 2 N–H and O–H groups in total. The second-order valence-corrected chi connectivity index (χ2v) is 12.8. The number of hydrogen-bond acceptors (Lipinski definition) is 5. The number of anilines is 2. The summed E-state index contributed by atoms with van der Waals surface area (Å²) in [5.74, 6) is -0.470. The fourth-order valence-electron chi connectivity index (χ4n) is 5.85. The third kappa shape index (κ3) is 5.77. The van der Waals surface area contributed by atoms with Crippen LogP contribution in [0.1, 0.15) is 34.0 Å². The van der Waals surface area contributed by atoms with Crippen molar-refractivity contribution in [2.75, 3.05) is 22.7 Å². The van der Waals surface area contributed by atoms with Gasteiger partial charge in [0.15, 0.2) is 0 Å². The third-order valence-corrected chi connectivity index (χ3v) is 9.39. The van der Waals surface area contributed by atoms with Crippen LogP contribution >= 0.6 is 11.6 Å². The Morgan fingerprint density at radius 3 is 2.52 bits per heavy atom. The number of piperidine rings is 1. The van der Waals surface area contributed by atoms with E-state index in [4.69, 9.17) is 11.6 Å². The van der Waals surface area contributed by atoms with E-state index < -0.39 is 15.9 Å². The summed E-state index contributed by atoms with van der Waals surface area (Å²) in [6.07, 6.45) is 0.938. The van der Waals surface area contributed by atoms with Gasteiger partial charge in [-0.2, -0.15) is 0 Å². The zero-order valence-electron chi connectivity index (χ0n) is 22.5. The van der Waals surface area contributed by atoms with Gasteiger partial charge in [-0.1, -0.05) is 35.9 Å². The molecule has 2 bridgehead atoms. The molecule has 2 atom stereocenters. The molecule has 1 amide bonds. The standard InChI is InChI=1S/C31H28ClFN4O4S/c32-24-3-1-4-26(15-24)42(40,41)35-27-14-22(31(39)34-16-20-7-10-25(33)11-8-20)9-12-29(27)36-17-21-13-23(19-36)28-5-2-6-30(38)37(28)18-21/h1-12,14-15,21,23,35H,13,16-19H2,(H,34,39). The van der Waals surface area contributed by atoms with E-state index in [1.807, 2.05) is 10.6 Å². The molecule has 216 valence electrons. The van der Waals surface area contributed by atoms with Gasteiger partial charge in [-0.15, -0.1) is 0 Å². The lowest BCUT2D eigenvalue weighted by Crippen LogP contribution is -2.47. The smallest absolute Gasteiger partial charge is 0.262 e. The molecule has 0 aliphatic carbocycles. The van der Waals surface area contributed by atoms with Crippen molar-refractivity contribution in [3.63, 3.8) is 0 Å². The Morgan fingerprint density at radius 1 is 0.952 bits per heavy atom. The molecule has 0 spiro atoms. The van der Waals surface area contributed by atoms with Crippen molar-refractivity contribution in [1.82, 2.24) is 9.88 Å². The predicted molar refractivity (Wildman–Crippen MR) is 160 cm³/mol. The number of nitrogens with one attached hydrogen (secondary N) is 2. The first-order valence-electron chi connectivity index (χ1n) is 13.6. The highest BCUT2D eigenvalue weighted by molar-refractivity contribution is 7.92. The summed E-state index contributed by atoms with van der Waals surface area (Å²) < 4.78 is 44.7. The molecule has 4 aromatic rings. The molecule has 2 aliphatic heterocycles. The number of carbonyl (C=O) groups excluding carboxylic acids is 1. The Hall–Kier alpha value is -4.15. The molecule has 2 unspecified atom stereocenters. The van der Waals surface area contributed by atoms with Crippen LogP contribution in [0.4, 0.5) is 15.8 Å².